The Labute approximate surface area is 191 Å². The molecule has 0 aliphatic rings. The minimum absolute atomic E-state index is 0.741. The predicted octanol–water partition coefficient (Wildman–Crippen LogP) is 7.26. The lowest BCUT2D eigenvalue weighted by atomic mass is 9.93. The fraction of sp³-hybridized carbons (Fsp3) is 0.379. The highest BCUT2D eigenvalue weighted by Gasteiger charge is 2.07. The molecule has 0 aliphatic carbocycles. The van der Waals surface area contributed by atoms with Crippen LogP contribution in [0.25, 0.3) is 0 Å². The van der Waals surface area contributed by atoms with Crippen LogP contribution in [0, 0.1) is 18.8 Å². The molecule has 2 heteroatoms. The van der Waals surface area contributed by atoms with Gasteiger partial charge in [0.25, 0.3) is 0 Å². The Balaban J connectivity index is 0.000000581. The zero-order valence-electron chi connectivity index (χ0n) is 20.6. The number of hydrogen-bond acceptors (Lipinski definition) is 2. The van der Waals surface area contributed by atoms with E-state index in [0.29, 0.717) is 0 Å². The summed E-state index contributed by atoms with van der Waals surface area (Å²) in [5.74, 6) is 5.99. The molecule has 0 saturated carbocycles. The van der Waals surface area contributed by atoms with Gasteiger partial charge >= 0.3 is 0 Å². The van der Waals surface area contributed by atoms with E-state index in [1.807, 2.05) is 33.8 Å². The summed E-state index contributed by atoms with van der Waals surface area (Å²) in [4.78, 5) is 0. The number of rotatable bonds is 9. The van der Waals surface area contributed by atoms with Crippen LogP contribution in [0.3, 0.4) is 0 Å². The van der Waals surface area contributed by atoms with Gasteiger partial charge in [0.2, 0.25) is 0 Å². The van der Waals surface area contributed by atoms with E-state index in [9.17, 15) is 0 Å². The molecule has 0 unspecified atom stereocenters. The average molecular weight is 419 g/mol. The van der Waals surface area contributed by atoms with Gasteiger partial charge in [-0.25, -0.2) is 0 Å². The maximum absolute atomic E-state index is 5.93. The van der Waals surface area contributed by atoms with E-state index >= 15 is 0 Å². The molecule has 0 radical (unpaired) electrons. The second-order valence-electron chi connectivity index (χ2n) is 7.67. The third kappa shape index (κ3) is 11.2. The van der Waals surface area contributed by atoms with E-state index in [2.05, 4.69) is 69.2 Å². The first kappa shape index (κ1) is 28.1. The summed E-state index contributed by atoms with van der Waals surface area (Å²) in [6.45, 7) is 20.0. The number of unbranched alkanes of at least 4 members (excludes halogenated alkanes) is 1. The monoisotopic (exact) mass is 418 g/mol. The van der Waals surface area contributed by atoms with E-state index in [4.69, 9.17) is 11.5 Å². The zero-order valence-corrected chi connectivity index (χ0v) is 20.6. The molecule has 31 heavy (non-hydrogen) atoms. The summed E-state index contributed by atoms with van der Waals surface area (Å²) in [6, 6.07) is 6.35. The van der Waals surface area contributed by atoms with E-state index in [-0.39, 0.29) is 0 Å². The van der Waals surface area contributed by atoms with Gasteiger partial charge in [-0.3, -0.25) is 0 Å². The normalized spacial score (nSPS) is 11.7. The molecular formula is C29H42N2. The average Bonchev–Trinajstić information content (AvgIpc) is 2.72. The Bertz CT molecular complexity index is 879. The molecule has 2 nitrogen and oxygen atoms in total. The summed E-state index contributed by atoms with van der Waals surface area (Å²) >= 11 is 0. The predicted molar refractivity (Wildman–Crippen MR) is 140 cm³/mol. The number of benzene rings is 1. The molecule has 168 valence electrons. The van der Waals surface area contributed by atoms with Crippen LogP contribution in [0.4, 0.5) is 0 Å². The number of hydrogen-bond donors (Lipinski definition) is 2. The highest BCUT2D eigenvalue weighted by molar-refractivity contribution is 5.50. The summed E-state index contributed by atoms with van der Waals surface area (Å²) in [5.41, 5.74) is 20.2. The van der Waals surface area contributed by atoms with E-state index in [0.717, 1.165) is 48.2 Å². The van der Waals surface area contributed by atoms with Crippen molar-refractivity contribution in [3.8, 4) is 11.8 Å². The van der Waals surface area contributed by atoms with Crippen LogP contribution in [-0.4, -0.2) is 0 Å². The van der Waals surface area contributed by atoms with Crippen molar-refractivity contribution in [1.29, 1.82) is 0 Å². The van der Waals surface area contributed by atoms with E-state index in [1.54, 1.807) is 0 Å². The molecule has 0 bridgehead atoms. The number of nitrogens with two attached hydrogens (primary N) is 2. The second-order valence-corrected chi connectivity index (χ2v) is 7.67. The van der Waals surface area contributed by atoms with Gasteiger partial charge in [-0.1, -0.05) is 62.8 Å². The molecule has 0 amide bonds. The molecule has 0 spiro atoms. The Morgan fingerprint density at radius 1 is 1.13 bits per heavy atom. The van der Waals surface area contributed by atoms with Gasteiger partial charge in [0, 0.05) is 17.0 Å². The first-order valence-electron chi connectivity index (χ1n) is 11.1. The topological polar surface area (TPSA) is 52.0 Å². The third-order valence-corrected chi connectivity index (χ3v) is 4.91. The van der Waals surface area contributed by atoms with Crippen LogP contribution in [0.1, 0.15) is 77.0 Å². The quantitative estimate of drug-likeness (QED) is 0.327. The summed E-state index contributed by atoms with van der Waals surface area (Å²) in [5, 5.41) is 0. The van der Waals surface area contributed by atoms with Crippen LogP contribution < -0.4 is 11.5 Å². The van der Waals surface area contributed by atoms with Crippen molar-refractivity contribution in [3.63, 3.8) is 0 Å². The van der Waals surface area contributed by atoms with Crippen molar-refractivity contribution in [3.05, 3.63) is 94.4 Å². The maximum Gasteiger partial charge on any atom is 0.0274 e. The minimum atomic E-state index is 0.741. The van der Waals surface area contributed by atoms with Crippen molar-refractivity contribution in [2.75, 3.05) is 0 Å². The second kappa shape index (κ2) is 15.9. The number of allylic oxidation sites excluding steroid dienone is 8. The van der Waals surface area contributed by atoms with Crippen molar-refractivity contribution in [2.24, 2.45) is 11.5 Å². The molecule has 1 rings (SSSR count). The molecule has 0 fully saturated rings. The lowest BCUT2D eigenvalue weighted by molar-refractivity contribution is 0.786. The van der Waals surface area contributed by atoms with Crippen molar-refractivity contribution >= 4 is 0 Å². The van der Waals surface area contributed by atoms with Crippen LogP contribution in [0.15, 0.2) is 77.7 Å². The van der Waals surface area contributed by atoms with Gasteiger partial charge in [0.1, 0.15) is 0 Å². The lowest BCUT2D eigenvalue weighted by Gasteiger charge is -2.13. The molecule has 0 saturated heterocycles. The Morgan fingerprint density at radius 3 is 2.26 bits per heavy atom. The van der Waals surface area contributed by atoms with Crippen molar-refractivity contribution < 1.29 is 0 Å². The van der Waals surface area contributed by atoms with Gasteiger partial charge in [-0.05, 0) is 94.2 Å². The van der Waals surface area contributed by atoms with Crippen molar-refractivity contribution in [1.82, 2.24) is 0 Å². The number of aryl methyl sites for hydroxylation is 2. The molecule has 1 aromatic carbocycles. The summed E-state index contributed by atoms with van der Waals surface area (Å²) in [7, 11) is 0. The molecule has 4 N–H and O–H groups in total. The largest absolute Gasteiger partial charge is 0.403 e. The first-order valence-corrected chi connectivity index (χ1v) is 11.1. The summed E-state index contributed by atoms with van der Waals surface area (Å²) in [6.07, 6.45) is 11.4. The Morgan fingerprint density at radius 2 is 1.81 bits per heavy atom. The van der Waals surface area contributed by atoms with Gasteiger partial charge in [-0.2, -0.15) is 0 Å². The smallest absolute Gasteiger partial charge is 0.0274 e. The van der Waals surface area contributed by atoms with Crippen LogP contribution in [0.2, 0.25) is 0 Å². The minimum Gasteiger partial charge on any atom is -0.403 e. The van der Waals surface area contributed by atoms with Gasteiger partial charge in [-0.15, -0.1) is 5.92 Å². The molecule has 0 aliphatic heterocycles. The van der Waals surface area contributed by atoms with E-state index in [1.165, 1.54) is 28.7 Å². The van der Waals surface area contributed by atoms with Gasteiger partial charge in [0.05, 0.1) is 0 Å². The molecule has 0 aromatic heterocycles. The fourth-order valence-corrected chi connectivity index (χ4v) is 3.13. The highest BCUT2D eigenvalue weighted by atomic mass is 14.6. The zero-order chi connectivity index (χ0) is 23.8. The summed E-state index contributed by atoms with van der Waals surface area (Å²) < 4.78 is 0. The Kier molecular flexibility index (Phi) is 14.4. The first-order chi connectivity index (χ1) is 14.7. The van der Waals surface area contributed by atoms with E-state index < -0.39 is 0 Å². The molecule has 1 aromatic rings. The maximum atomic E-state index is 5.93. The van der Waals surface area contributed by atoms with Gasteiger partial charge in [0.15, 0.2) is 0 Å². The molecule has 0 heterocycles. The van der Waals surface area contributed by atoms with Crippen molar-refractivity contribution in [2.45, 2.75) is 73.6 Å². The Hall–Kier alpha value is -2.92. The van der Waals surface area contributed by atoms with Crippen LogP contribution in [0.5, 0.6) is 0 Å². The van der Waals surface area contributed by atoms with Crippen LogP contribution in [-0.2, 0) is 6.42 Å². The standard InChI is InChI=1S/C15H25N.C14H17N/c1-6-9-11-15(13(5)16)12(4)14(8-3)10-7-2;1-4-5-14-9-8-13(10-11(14)2)7-6-12(3)15/h7-8,10H,4,6,9,11,16H2,1-3,5H3;8-10H,3,6-7,15H2,1-2H3/b10-7-,14-8+,15-13-;. The van der Waals surface area contributed by atoms with Gasteiger partial charge < -0.3 is 11.5 Å². The molecule has 0 atom stereocenters. The third-order valence-electron chi connectivity index (χ3n) is 4.91. The van der Waals surface area contributed by atoms with Crippen LogP contribution >= 0.6 is 0 Å². The highest BCUT2D eigenvalue weighted by Crippen LogP contribution is 2.25. The SMILES string of the molecule is C=C(/C(CCCC)=C(/C)N)C(/C=C\C)=C/C.C=C(N)CCc1ccc(C#CC)c(C)c1. The fourth-order valence-electron chi connectivity index (χ4n) is 3.13. The lowest BCUT2D eigenvalue weighted by Crippen LogP contribution is -2.02. The molecular weight excluding hydrogens is 376 g/mol.